The SMILES string of the molecule is Cc1ccc2c(c1)C(N)C(=O)N2Cc1ccc(Cl)cc1Cl. The standard InChI is InChI=1S/C16H14Cl2N2O/c1-9-2-5-14-12(6-9)15(19)16(21)20(14)8-10-3-4-11(17)7-13(10)18/h2-7,15H,8,19H2,1H3. The van der Waals surface area contributed by atoms with Crippen molar-refractivity contribution in [2.45, 2.75) is 19.5 Å². The van der Waals surface area contributed by atoms with Gasteiger partial charge in [0.05, 0.1) is 6.54 Å². The maximum Gasteiger partial charge on any atom is 0.248 e. The van der Waals surface area contributed by atoms with E-state index in [2.05, 4.69) is 0 Å². The quantitative estimate of drug-likeness (QED) is 0.913. The van der Waals surface area contributed by atoms with Gasteiger partial charge in [-0.05, 0) is 30.7 Å². The van der Waals surface area contributed by atoms with Gasteiger partial charge in [0.2, 0.25) is 5.91 Å². The monoisotopic (exact) mass is 320 g/mol. The average Bonchev–Trinajstić information content (AvgIpc) is 2.66. The Kier molecular flexibility index (Phi) is 3.66. The minimum Gasteiger partial charge on any atom is -0.316 e. The summed E-state index contributed by atoms with van der Waals surface area (Å²) in [6.45, 7) is 2.37. The molecule has 2 aromatic rings. The van der Waals surface area contributed by atoms with Gasteiger partial charge < -0.3 is 10.6 Å². The van der Waals surface area contributed by atoms with E-state index in [1.165, 1.54) is 0 Å². The molecule has 2 N–H and O–H groups in total. The minimum absolute atomic E-state index is 0.110. The lowest BCUT2D eigenvalue weighted by molar-refractivity contribution is -0.119. The summed E-state index contributed by atoms with van der Waals surface area (Å²) in [4.78, 5) is 14.1. The van der Waals surface area contributed by atoms with E-state index in [1.54, 1.807) is 17.0 Å². The number of rotatable bonds is 2. The fourth-order valence-corrected chi connectivity index (χ4v) is 3.04. The van der Waals surface area contributed by atoms with Crippen molar-refractivity contribution in [2.75, 3.05) is 4.90 Å². The molecule has 1 aliphatic rings. The maximum absolute atomic E-state index is 12.4. The molecule has 0 radical (unpaired) electrons. The molecule has 1 aliphatic heterocycles. The van der Waals surface area contributed by atoms with Gasteiger partial charge in [-0.3, -0.25) is 4.79 Å². The molecule has 1 unspecified atom stereocenters. The van der Waals surface area contributed by atoms with Gasteiger partial charge in [-0.1, -0.05) is 47.0 Å². The van der Waals surface area contributed by atoms with Crippen LogP contribution < -0.4 is 10.6 Å². The summed E-state index contributed by atoms with van der Waals surface area (Å²) in [5, 5.41) is 1.12. The summed E-state index contributed by atoms with van der Waals surface area (Å²) in [6.07, 6.45) is 0. The number of hydrogen-bond acceptors (Lipinski definition) is 2. The highest BCUT2D eigenvalue weighted by atomic mass is 35.5. The number of nitrogens with two attached hydrogens (primary N) is 1. The van der Waals surface area contributed by atoms with Crippen molar-refractivity contribution in [1.82, 2.24) is 0 Å². The van der Waals surface area contributed by atoms with Crippen LogP contribution in [0.4, 0.5) is 5.69 Å². The highest BCUT2D eigenvalue weighted by Crippen LogP contribution is 2.37. The number of nitrogens with zero attached hydrogens (tertiary/aromatic N) is 1. The first-order chi connectivity index (χ1) is 9.97. The molecule has 21 heavy (non-hydrogen) atoms. The van der Waals surface area contributed by atoms with Crippen molar-refractivity contribution < 1.29 is 4.79 Å². The van der Waals surface area contributed by atoms with Crippen molar-refractivity contribution >= 4 is 34.8 Å². The second kappa shape index (κ2) is 5.34. The van der Waals surface area contributed by atoms with Crippen LogP contribution in [0, 0.1) is 6.92 Å². The van der Waals surface area contributed by atoms with Gasteiger partial charge in [0.1, 0.15) is 6.04 Å². The summed E-state index contributed by atoms with van der Waals surface area (Å²) in [5.74, 6) is -0.110. The summed E-state index contributed by atoms with van der Waals surface area (Å²) in [7, 11) is 0. The Hall–Kier alpha value is -1.55. The fourth-order valence-electron chi connectivity index (χ4n) is 2.57. The van der Waals surface area contributed by atoms with Crippen LogP contribution in [-0.2, 0) is 11.3 Å². The van der Waals surface area contributed by atoms with Crippen molar-refractivity contribution in [2.24, 2.45) is 5.73 Å². The van der Waals surface area contributed by atoms with E-state index in [0.29, 0.717) is 16.6 Å². The molecule has 1 heterocycles. The zero-order valence-electron chi connectivity index (χ0n) is 11.4. The minimum atomic E-state index is -0.606. The lowest BCUT2D eigenvalue weighted by Crippen LogP contribution is -2.31. The predicted molar refractivity (Wildman–Crippen MR) is 85.8 cm³/mol. The lowest BCUT2D eigenvalue weighted by atomic mass is 10.1. The van der Waals surface area contributed by atoms with Gasteiger partial charge in [-0.2, -0.15) is 0 Å². The number of halogens is 2. The van der Waals surface area contributed by atoms with Gasteiger partial charge in [-0.15, -0.1) is 0 Å². The molecule has 0 aliphatic carbocycles. The number of amides is 1. The Balaban J connectivity index is 1.98. The second-order valence-corrected chi connectivity index (χ2v) is 6.04. The van der Waals surface area contributed by atoms with Crippen LogP contribution >= 0.6 is 23.2 Å². The molecule has 1 atom stereocenters. The number of aryl methyl sites for hydroxylation is 1. The zero-order chi connectivity index (χ0) is 15.1. The second-order valence-electron chi connectivity index (χ2n) is 5.20. The van der Waals surface area contributed by atoms with Crippen molar-refractivity contribution in [3.63, 3.8) is 0 Å². The molecule has 1 amide bonds. The number of carbonyl (C=O) groups is 1. The molecule has 0 saturated heterocycles. The Morgan fingerprint density at radius 2 is 1.95 bits per heavy atom. The van der Waals surface area contributed by atoms with Gasteiger partial charge in [0, 0.05) is 21.3 Å². The van der Waals surface area contributed by atoms with Crippen LogP contribution in [0.1, 0.15) is 22.7 Å². The Morgan fingerprint density at radius 1 is 1.19 bits per heavy atom. The molecule has 2 aromatic carbocycles. The van der Waals surface area contributed by atoms with Gasteiger partial charge in [0.15, 0.2) is 0 Å². The lowest BCUT2D eigenvalue weighted by Gasteiger charge is -2.18. The number of fused-ring (bicyclic) bond motifs is 1. The van der Waals surface area contributed by atoms with E-state index in [-0.39, 0.29) is 5.91 Å². The van der Waals surface area contributed by atoms with E-state index in [4.69, 9.17) is 28.9 Å². The normalized spacial score (nSPS) is 17.2. The molecule has 0 spiro atoms. The molecular formula is C16H14Cl2N2O. The first-order valence-corrected chi connectivity index (χ1v) is 7.34. The fraction of sp³-hybridized carbons (Fsp3) is 0.188. The smallest absolute Gasteiger partial charge is 0.248 e. The van der Waals surface area contributed by atoms with E-state index in [1.807, 2.05) is 31.2 Å². The van der Waals surface area contributed by atoms with E-state index in [9.17, 15) is 4.79 Å². The molecule has 5 heteroatoms. The van der Waals surface area contributed by atoms with Gasteiger partial charge in [0.25, 0.3) is 0 Å². The van der Waals surface area contributed by atoms with Crippen molar-refractivity contribution in [3.05, 3.63) is 63.1 Å². The summed E-state index contributed by atoms with van der Waals surface area (Å²) in [5.41, 5.74) is 9.67. The Bertz CT molecular complexity index is 730. The van der Waals surface area contributed by atoms with E-state index >= 15 is 0 Å². The third-order valence-electron chi connectivity index (χ3n) is 3.68. The van der Waals surface area contributed by atoms with Crippen LogP contribution in [0.5, 0.6) is 0 Å². The topological polar surface area (TPSA) is 46.3 Å². The number of benzene rings is 2. The first kappa shape index (κ1) is 14.4. The average molecular weight is 321 g/mol. The van der Waals surface area contributed by atoms with Gasteiger partial charge >= 0.3 is 0 Å². The highest BCUT2D eigenvalue weighted by Gasteiger charge is 2.34. The Morgan fingerprint density at radius 3 is 2.67 bits per heavy atom. The first-order valence-electron chi connectivity index (χ1n) is 6.59. The van der Waals surface area contributed by atoms with Crippen molar-refractivity contribution in [3.8, 4) is 0 Å². The highest BCUT2D eigenvalue weighted by molar-refractivity contribution is 6.35. The Labute approximate surface area is 133 Å². The molecule has 0 saturated carbocycles. The number of carbonyl (C=O) groups excluding carboxylic acids is 1. The van der Waals surface area contributed by atoms with Crippen LogP contribution in [0.3, 0.4) is 0 Å². The molecular weight excluding hydrogens is 307 g/mol. The summed E-state index contributed by atoms with van der Waals surface area (Å²) in [6, 6.07) is 10.5. The largest absolute Gasteiger partial charge is 0.316 e. The number of anilines is 1. The zero-order valence-corrected chi connectivity index (χ0v) is 12.9. The summed E-state index contributed by atoms with van der Waals surface area (Å²) < 4.78 is 0. The number of hydrogen-bond donors (Lipinski definition) is 1. The van der Waals surface area contributed by atoms with Crippen molar-refractivity contribution in [1.29, 1.82) is 0 Å². The molecule has 3 rings (SSSR count). The van der Waals surface area contributed by atoms with Crippen LogP contribution in [0.25, 0.3) is 0 Å². The summed E-state index contributed by atoms with van der Waals surface area (Å²) >= 11 is 12.1. The van der Waals surface area contributed by atoms with Gasteiger partial charge in [-0.25, -0.2) is 0 Å². The molecule has 0 bridgehead atoms. The third-order valence-corrected chi connectivity index (χ3v) is 4.27. The van der Waals surface area contributed by atoms with Crippen LogP contribution in [0.15, 0.2) is 36.4 Å². The molecule has 0 fully saturated rings. The molecule has 0 aromatic heterocycles. The molecule has 108 valence electrons. The molecule has 3 nitrogen and oxygen atoms in total. The third kappa shape index (κ3) is 2.53. The van der Waals surface area contributed by atoms with Crippen LogP contribution in [0.2, 0.25) is 10.0 Å². The van der Waals surface area contributed by atoms with Crippen LogP contribution in [-0.4, -0.2) is 5.91 Å². The van der Waals surface area contributed by atoms with E-state index in [0.717, 1.165) is 22.4 Å². The van der Waals surface area contributed by atoms with E-state index < -0.39 is 6.04 Å². The maximum atomic E-state index is 12.4. The predicted octanol–water partition coefficient (Wildman–Crippen LogP) is 3.85.